The lowest BCUT2D eigenvalue weighted by Crippen LogP contribution is -2.53. The van der Waals surface area contributed by atoms with Gasteiger partial charge in [-0.1, -0.05) is 13.8 Å². The number of aliphatic hydroxyl groups excluding tert-OH is 1. The fourth-order valence-corrected chi connectivity index (χ4v) is 3.15. The smallest absolute Gasteiger partial charge is 0.127 e. The third kappa shape index (κ3) is 5.52. The number of halogens is 2. The van der Waals surface area contributed by atoms with Crippen molar-refractivity contribution in [3.63, 3.8) is 0 Å². The first-order chi connectivity index (χ1) is 11.0. The van der Waals surface area contributed by atoms with Crippen molar-refractivity contribution < 1.29 is 13.9 Å². The van der Waals surface area contributed by atoms with E-state index in [0.29, 0.717) is 18.0 Å². The van der Waals surface area contributed by atoms with Gasteiger partial charge in [-0.2, -0.15) is 0 Å². The molecule has 130 valence electrons. The fourth-order valence-electron chi connectivity index (χ4n) is 3.15. The Hall–Kier alpha value is -1.04. The zero-order chi connectivity index (χ0) is 16.8. The van der Waals surface area contributed by atoms with Gasteiger partial charge >= 0.3 is 0 Å². The monoisotopic (exact) mass is 326 g/mol. The van der Waals surface area contributed by atoms with Gasteiger partial charge in [-0.25, -0.2) is 8.78 Å². The summed E-state index contributed by atoms with van der Waals surface area (Å²) in [6, 6.07) is 3.90. The average Bonchev–Trinajstić information content (AvgIpc) is 2.50. The third-order valence-electron chi connectivity index (χ3n) is 4.55. The minimum absolute atomic E-state index is 0.158. The lowest BCUT2D eigenvalue weighted by Gasteiger charge is -2.41. The molecule has 23 heavy (non-hydrogen) atoms. The molecule has 0 unspecified atom stereocenters. The van der Waals surface area contributed by atoms with Gasteiger partial charge in [-0.05, 0) is 43.5 Å². The van der Waals surface area contributed by atoms with Gasteiger partial charge in [0.25, 0.3) is 0 Å². The standard InChI is InChI=1S/C18H28F2N2O/c1-14(2)5-7-22-9-8-21(13-17(22)6-10-23)12-15-11-16(19)3-4-18(15)20/h3-4,11,14,17,23H,5-10,12-13H2,1-2H3/t17-/m1/s1. The summed E-state index contributed by atoms with van der Waals surface area (Å²) in [5.74, 6) is -0.0968. The zero-order valence-corrected chi connectivity index (χ0v) is 14.1. The number of hydrogen-bond acceptors (Lipinski definition) is 3. The molecule has 1 atom stereocenters. The van der Waals surface area contributed by atoms with Crippen molar-refractivity contribution in [1.29, 1.82) is 0 Å². The van der Waals surface area contributed by atoms with Crippen molar-refractivity contribution in [3.8, 4) is 0 Å². The molecule has 1 heterocycles. The van der Waals surface area contributed by atoms with E-state index in [1.54, 1.807) is 0 Å². The van der Waals surface area contributed by atoms with Crippen molar-refractivity contribution >= 4 is 0 Å². The highest BCUT2D eigenvalue weighted by Crippen LogP contribution is 2.19. The minimum atomic E-state index is -0.399. The quantitative estimate of drug-likeness (QED) is 0.835. The molecule has 1 aromatic rings. The number of nitrogens with zero attached hydrogens (tertiary/aromatic N) is 2. The highest BCUT2D eigenvalue weighted by molar-refractivity contribution is 5.18. The van der Waals surface area contributed by atoms with Gasteiger partial charge < -0.3 is 5.11 Å². The van der Waals surface area contributed by atoms with Crippen molar-refractivity contribution in [3.05, 3.63) is 35.4 Å². The normalized spacial score (nSPS) is 20.3. The van der Waals surface area contributed by atoms with Crippen LogP contribution in [0.4, 0.5) is 8.78 Å². The molecule has 1 aliphatic heterocycles. The van der Waals surface area contributed by atoms with Gasteiger partial charge in [0, 0.05) is 44.4 Å². The molecule has 2 rings (SSSR count). The Kier molecular flexibility index (Phi) is 6.93. The molecule has 0 amide bonds. The maximum absolute atomic E-state index is 13.8. The number of aliphatic hydroxyl groups is 1. The molecule has 0 aliphatic carbocycles. The summed E-state index contributed by atoms with van der Waals surface area (Å²) in [4.78, 5) is 4.58. The van der Waals surface area contributed by atoms with Crippen molar-refractivity contribution in [2.24, 2.45) is 5.92 Å². The Labute approximate surface area is 137 Å². The Bertz CT molecular complexity index is 496. The van der Waals surface area contributed by atoms with Crippen molar-refractivity contribution in [2.45, 2.75) is 39.3 Å². The summed E-state index contributed by atoms with van der Waals surface area (Å²) in [5, 5.41) is 9.32. The van der Waals surface area contributed by atoms with Gasteiger partial charge in [0.2, 0.25) is 0 Å². The SMILES string of the molecule is CC(C)CCN1CCN(Cc2cc(F)ccc2F)C[C@H]1CCO. The molecule has 3 nitrogen and oxygen atoms in total. The predicted molar refractivity (Wildman–Crippen MR) is 88.2 cm³/mol. The van der Waals surface area contributed by atoms with Crippen LogP contribution >= 0.6 is 0 Å². The van der Waals surface area contributed by atoms with Crippen LogP contribution in [-0.4, -0.2) is 53.7 Å². The Morgan fingerprint density at radius 1 is 1.26 bits per heavy atom. The topological polar surface area (TPSA) is 26.7 Å². The van der Waals surface area contributed by atoms with Gasteiger partial charge in [0.05, 0.1) is 0 Å². The molecular weight excluding hydrogens is 298 g/mol. The van der Waals surface area contributed by atoms with Crippen LogP contribution in [0.3, 0.4) is 0 Å². The van der Waals surface area contributed by atoms with Crippen LogP contribution in [0, 0.1) is 17.6 Å². The first-order valence-corrected chi connectivity index (χ1v) is 8.50. The van der Waals surface area contributed by atoms with Crippen LogP contribution in [0.5, 0.6) is 0 Å². The molecule has 1 aliphatic rings. The molecule has 0 spiro atoms. The van der Waals surface area contributed by atoms with Crippen LogP contribution in [0.15, 0.2) is 18.2 Å². The Morgan fingerprint density at radius 3 is 2.74 bits per heavy atom. The highest BCUT2D eigenvalue weighted by atomic mass is 19.1. The van der Waals surface area contributed by atoms with Crippen molar-refractivity contribution in [1.82, 2.24) is 9.80 Å². The van der Waals surface area contributed by atoms with E-state index in [1.165, 1.54) is 12.1 Å². The van der Waals surface area contributed by atoms with Gasteiger partial charge in [-0.15, -0.1) is 0 Å². The van der Waals surface area contributed by atoms with E-state index in [-0.39, 0.29) is 18.5 Å². The largest absolute Gasteiger partial charge is 0.396 e. The molecule has 1 saturated heterocycles. The van der Waals surface area contributed by atoms with Gasteiger partial charge in [-0.3, -0.25) is 9.80 Å². The molecule has 1 fully saturated rings. The fraction of sp³-hybridized carbons (Fsp3) is 0.667. The van der Waals surface area contributed by atoms with Crippen LogP contribution in [-0.2, 0) is 6.54 Å². The summed E-state index contributed by atoms with van der Waals surface area (Å²) >= 11 is 0. The average molecular weight is 326 g/mol. The van der Waals surface area contributed by atoms with Crippen LogP contribution < -0.4 is 0 Å². The van der Waals surface area contributed by atoms with Gasteiger partial charge in [0.15, 0.2) is 0 Å². The minimum Gasteiger partial charge on any atom is -0.396 e. The Morgan fingerprint density at radius 2 is 2.04 bits per heavy atom. The second kappa shape index (κ2) is 8.71. The predicted octanol–water partition coefficient (Wildman–Crippen LogP) is 2.88. The second-order valence-electron chi connectivity index (χ2n) is 6.86. The van der Waals surface area contributed by atoms with Crippen molar-refractivity contribution in [2.75, 3.05) is 32.8 Å². The first-order valence-electron chi connectivity index (χ1n) is 8.50. The zero-order valence-electron chi connectivity index (χ0n) is 14.1. The summed E-state index contributed by atoms with van der Waals surface area (Å²) in [7, 11) is 0. The highest BCUT2D eigenvalue weighted by Gasteiger charge is 2.26. The molecule has 0 bridgehead atoms. The summed E-state index contributed by atoms with van der Waals surface area (Å²) < 4.78 is 27.1. The van der Waals surface area contributed by atoms with E-state index in [1.807, 2.05) is 0 Å². The molecule has 1 N–H and O–H groups in total. The van der Waals surface area contributed by atoms with E-state index in [0.717, 1.165) is 45.1 Å². The second-order valence-corrected chi connectivity index (χ2v) is 6.86. The molecular formula is C18H28F2N2O. The van der Waals surface area contributed by atoms with E-state index in [9.17, 15) is 13.9 Å². The first kappa shape index (κ1) is 18.3. The molecule has 0 radical (unpaired) electrons. The summed E-state index contributed by atoms with van der Waals surface area (Å²) in [5.41, 5.74) is 0.406. The third-order valence-corrected chi connectivity index (χ3v) is 4.55. The molecule has 5 heteroatoms. The van der Waals surface area contributed by atoms with E-state index in [4.69, 9.17) is 0 Å². The van der Waals surface area contributed by atoms with Crippen LogP contribution in [0.2, 0.25) is 0 Å². The van der Waals surface area contributed by atoms with E-state index < -0.39 is 5.82 Å². The summed E-state index contributed by atoms with van der Waals surface area (Å²) in [6.07, 6.45) is 1.86. The lowest BCUT2D eigenvalue weighted by atomic mass is 10.0. The van der Waals surface area contributed by atoms with E-state index in [2.05, 4.69) is 23.6 Å². The number of rotatable bonds is 7. The maximum Gasteiger partial charge on any atom is 0.127 e. The maximum atomic E-state index is 13.8. The Balaban J connectivity index is 1.96. The molecule has 0 aromatic heterocycles. The number of piperazine rings is 1. The summed E-state index contributed by atoms with van der Waals surface area (Å²) in [6.45, 7) is 8.58. The number of hydrogen-bond donors (Lipinski definition) is 1. The van der Waals surface area contributed by atoms with Crippen LogP contribution in [0.25, 0.3) is 0 Å². The lowest BCUT2D eigenvalue weighted by molar-refractivity contribution is 0.0518. The molecule has 1 aromatic carbocycles. The van der Waals surface area contributed by atoms with E-state index >= 15 is 0 Å². The van der Waals surface area contributed by atoms with Crippen LogP contribution in [0.1, 0.15) is 32.3 Å². The molecule has 0 saturated carbocycles. The van der Waals surface area contributed by atoms with Gasteiger partial charge in [0.1, 0.15) is 11.6 Å². The number of benzene rings is 1.